The van der Waals surface area contributed by atoms with E-state index < -0.39 is 5.60 Å². The lowest BCUT2D eigenvalue weighted by Gasteiger charge is -2.58. The van der Waals surface area contributed by atoms with Crippen molar-refractivity contribution in [1.29, 1.82) is 0 Å². The van der Waals surface area contributed by atoms with Gasteiger partial charge in [0.1, 0.15) is 0 Å². The summed E-state index contributed by atoms with van der Waals surface area (Å²) in [5.74, 6) is 2.10. The second-order valence-corrected chi connectivity index (χ2v) is 9.38. The number of carbonyl (C=O) groups excluding carboxylic acids is 1. The number of fused-ring (bicyclic) bond motifs is 5. The predicted octanol–water partition coefficient (Wildman–Crippen LogP) is 4.44. The number of carbonyl (C=O) groups is 1. The van der Waals surface area contributed by atoms with Crippen LogP contribution < -0.4 is 0 Å². The lowest BCUT2D eigenvalue weighted by atomic mass is 9.47. The summed E-state index contributed by atoms with van der Waals surface area (Å²) in [4.78, 5) is 11.9. The van der Waals surface area contributed by atoms with E-state index in [-0.39, 0.29) is 10.8 Å². The molecule has 23 heavy (non-hydrogen) atoms. The fourth-order valence-electron chi connectivity index (χ4n) is 6.62. The number of aliphatic hydroxyl groups is 1. The molecule has 0 heterocycles. The van der Waals surface area contributed by atoms with E-state index in [1.165, 1.54) is 17.6 Å². The molecule has 2 nitrogen and oxygen atoms in total. The van der Waals surface area contributed by atoms with Crippen molar-refractivity contribution in [2.45, 2.75) is 71.8 Å². The van der Waals surface area contributed by atoms with Crippen molar-refractivity contribution in [1.82, 2.24) is 0 Å². The third-order valence-electron chi connectivity index (χ3n) is 8.43. The van der Waals surface area contributed by atoms with Gasteiger partial charge in [-0.2, -0.15) is 0 Å². The molecule has 0 unspecified atom stereocenters. The summed E-state index contributed by atoms with van der Waals surface area (Å²) in [6.45, 7) is 9.03. The summed E-state index contributed by atoms with van der Waals surface area (Å²) in [6.07, 6.45) is 10.3. The van der Waals surface area contributed by atoms with Crippen LogP contribution in [0, 0.1) is 28.6 Å². The van der Waals surface area contributed by atoms with E-state index in [4.69, 9.17) is 0 Å². The molecule has 0 aromatic heterocycles. The zero-order valence-corrected chi connectivity index (χ0v) is 15.0. The maximum atomic E-state index is 11.9. The van der Waals surface area contributed by atoms with Crippen LogP contribution >= 0.6 is 0 Å². The minimum absolute atomic E-state index is 0.0470. The Balaban J connectivity index is 1.81. The Morgan fingerprint density at radius 3 is 2.48 bits per heavy atom. The second-order valence-electron chi connectivity index (χ2n) is 9.38. The summed E-state index contributed by atoms with van der Waals surface area (Å²) in [5, 5.41) is 11.0. The van der Waals surface area contributed by atoms with Crippen molar-refractivity contribution in [2.75, 3.05) is 0 Å². The van der Waals surface area contributed by atoms with Crippen LogP contribution in [0.15, 0.2) is 23.3 Å². The van der Waals surface area contributed by atoms with Gasteiger partial charge in [0.05, 0.1) is 5.60 Å². The van der Waals surface area contributed by atoms with Gasteiger partial charge in [0.2, 0.25) is 0 Å². The van der Waals surface area contributed by atoms with Gasteiger partial charge in [-0.15, -0.1) is 0 Å². The highest BCUT2D eigenvalue weighted by Gasteiger charge is 2.62. The highest BCUT2D eigenvalue weighted by Crippen LogP contribution is 2.67. The van der Waals surface area contributed by atoms with Crippen LogP contribution in [0.3, 0.4) is 0 Å². The summed E-state index contributed by atoms with van der Waals surface area (Å²) in [6, 6.07) is 0. The third kappa shape index (κ3) is 1.88. The molecule has 0 aromatic carbocycles. The SMILES string of the molecule is CC1=CC2=CC(=O)CC[C@]2(C)[C@H]2CC[C@@]3(C)[C@@H](CC[C@]3(C)O)[C@H]12. The average molecular weight is 314 g/mol. The first-order valence-electron chi connectivity index (χ1n) is 9.35. The largest absolute Gasteiger partial charge is 0.390 e. The Labute approximate surface area is 140 Å². The van der Waals surface area contributed by atoms with Gasteiger partial charge in [-0.25, -0.2) is 0 Å². The maximum absolute atomic E-state index is 11.9. The molecule has 4 rings (SSSR count). The molecule has 1 N–H and O–H groups in total. The van der Waals surface area contributed by atoms with Crippen LogP contribution in [0.5, 0.6) is 0 Å². The lowest BCUT2D eigenvalue weighted by molar-refractivity contribution is -0.118. The van der Waals surface area contributed by atoms with E-state index in [1.807, 2.05) is 6.08 Å². The molecule has 0 spiro atoms. The monoisotopic (exact) mass is 314 g/mol. The van der Waals surface area contributed by atoms with Crippen LogP contribution in [0.1, 0.15) is 66.2 Å². The molecule has 126 valence electrons. The van der Waals surface area contributed by atoms with Crippen molar-refractivity contribution in [3.05, 3.63) is 23.3 Å². The number of hydrogen-bond donors (Lipinski definition) is 1. The van der Waals surface area contributed by atoms with Gasteiger partial charge in [-0.3, -0.25) is 4.79 Å². The zero-order valence-electron chi connectivity index (χ0n) is 15.0. The molecule has 0 bridgehead atoms. The van der Waals surface area contributed by atoms with Gasteiger partial charge in [-0.05, 0) is 86.2 Å². The molecular weight excluding hydrogens is 284 g/mol. The van der Waals surface area contributed by atoms with Crippen molar-refractivity contribution in [3.8, 4) is 0 Å². The Bertz CT molecular complexity index is 626. The molecule has 0 radical (unpaired) electrons. The number of hydrogen-bond acceptors (Lipinski definition) is 2. The van der Waals surface area contributed by atoms with Crippen molar-refractivity contribution in [2.24, 2.45) is 28.6 Å². The second kappa shape index (κ2) is 4.59. The molecule has 0 aliphatic heterocycles. The number of allylic oxidation sites excluding steroid dienone is 4. The van der Waals surface area contributed by atoms with Crippen LogP contribution in [0.2, 0.25) is 0 Å². The first kappa shape index (κ1) is 15.6. The van der Waals surface area contributed by atoms with E-state index in [0.29, 0.717) is 30.0 Å². The minimum Gasteiger partial charge on any atom is -0.390 e. The van der Waals surface area contributed by atoms with Gasteiger partial charge in [-0.1, -0.05) is 25.5 Å². The van der Waals surface area contributed by atoms with E-state index in [0.717, 1.165) is 25.7 Å². The van der Waals surface area contributed by atoms with Crippen molar-refractivity contribution < 1.29 is 9.90 Å². The van der Waals surface area contributed by atoms with Gasteiger partial charge in [0.25, 0.3) is 0 Å². The van der Waals surface area contributed by atoms with Crippen LogP contribution in [0.25, 0.3) is 0 Å². The molecule has 2 heteroatoms. The van der Waals surface area contributed by atoms with Gasteiger partial charge in [0, 0.05) is 6.42 Å². The third-order valence-corrected chi connectivity index (χ3v) is 8.43. The molecule has 2 saturated carbocycles. The highest BCUT2D eigenvalue weighted by atomic mass is 16.3. The minimum atomic E-state index is -0.525. The Morgan fingerprint density at radius 2 is 1.74 bits per heavy atom. The van der Waals surface area contributed by atoms with E-state index in [1.54, 1.807) is 0 Å². The standard InChI is InChI=1S/C21H30O2/c1-13-11-14-12-15(22)5-8-19(14,2)16-6-9-20(3)17(18(13)16)7-10-21(20,4)23/h11-12,16-18,23H,5-10H2,1-4H3/t16-,17-,18+,19-,20-,21-/m0/s1. The molecule has 6 atom stereocenters. The summed E-state index contributed by atoms with van der Waals surface area (Å²) < 4.78 is 0. The van der Waals surface area contributed by atoms with Crippen LogP contribution in [-0.2, 0) is 4.79 Å². The zero-order chi connectivity index (χ0) is 16.6. The Morgan fingerprint density at radius 1 is 1.04 bits per heavy atom. The topological polar surface area (TPSA) is 37.3 Å². The quantitative estimate of drug-likeness (QED) is 0.718. The summed E-state index contributed by atoms with van der Waals surface area (Å²) in [5.41, 5.74) is 2.41. The molecule has 2 fully saturated rings. The van der Waals surface area contributed by atoms with Gasteiger partial charge in [0.15, 0.2) is 5.78 Å². The van der Waals surface area contributed by atoms with Crippen LogP contribution in [-0.4, -0.2) is 16.5 Å². The maximum Gasteiger partial charge on any atom is 0.156 e. The van der Waals surface area contributed by atoms with E-state index in [9.17, 15) is 9.90 Å². The first-order valence-corrected chi connectivity index (χ1v) is 9.35. The number of ketones is 1. The van der Waals surface area contributed by atoms with E-state index >= 15 is 0 Å². The fourth-order valence-corrected chi connectivity index (χ4v) is 6.62. The smallest absolute Gasteiger partial charge is 0.156 e. The summed E-state index contributed by atoms with van der Waals surface area (Å²) >= 11 is 0. The fraction of sp³-hybridized carbons (Fsp3) is 0.762. The van der Waals surface area contributed by atoms with E-state index in [2.05, 4.69) is 33.8 Å². The highest BCUT2D eigenvalue weighted by molar-refractivity contribution is 5.92. The number of rotatable bonds is 0. The Kier molecular flexibility index (Phi) is 3.12. The normalized spacial score (nSPS) is 52.2. The molecular formula is C21H30O2. The van der Waals surface area contributed by atoms with Crippen molar-refractivity contribution in [3.63, 3.8) is 0 Å². The first-order chi connectivity index (χ1) is 10.7. The van der Waals surface area contributed by atoms with Crippen molar-refractivity contribution >= 4 is 5.78 Å². The summed E-state index contributed by atoms with van der Waals surface area (Å²) in [7, 11) is 0. The lowest BCUT2D eigenvalue weighted by Crippen LogP contribution is -2.53. The molecule has 4 aliphatic rings. The Hall–Kier alpha value is -0.890. The molecule has 0 amide bonds. The van der Waals surface area contributed by atoms with Gasteiger partial charge >= 0.3 is 0 Å². The predicted molar refractivity (Wildman–Crippen MR) is 91.9 cm³/mol. The molecule has 4 aliphatic carbocycles. The van der Waals surface area contributed by atoms with Gasteiger partial charge < -0.3 is 5.11 Å². The average Bonchev–Trinajstić information content (AvgIpc) is 2.72. The molecule has 0 saturated heterocycles. The van der Waals surface area contributed by atoms with Crippen LogP contribution in [0.4, 0.5) is 0 Å². The molecule has 0 aromatic rings.